The maximum atomic E-state index is 11.3. The Labute approximate surface area is 137 Å². The summed E-state index contributed by atoms with van der Waals surface area (Å²) in [5.41, 5.74) is 0.795. The molecule has 23 heavy (non-hydrogen) atoms. The van der Waals surface area contributed by atoms with Crippen molar-refractivity contribution in [3.8, 4) is 0 Å². The summed E-state index contributed by atoms with van der Waals surface area (Å²) in [6.07, 6.45) is 2.13. The van der Waals surface area contributed by atoms with Crippen LogP contribution in [-0.4, -0.2) is 36.3 Å². The first-order valence-corrected chi connectivity index (χ1v) is 8.10. The van der Waals surface area contributed by atoms with Crippen LogP contribution in [-0.2, 0) is 9.31 Å². The van der Waals surface area contributed by atoms with Crippen LogP contribution >= 0.6 is 0 Å². The minimum absolute atomic E-state index is 0.146. The third-order valence-electron chi connectivity index (χ3n) is 5.17. The molecule has 0 aromatic heterocycles. The van der Waals surface area contributed by atoms with Gasteiger partial charge in [-0.25, -0.2) is 0 Å². The van der Waals surface area contributed by atoms with Gasteiger partial charge in [0.05, 0.1) is 16.1 Å². The fraction of sp³-hybridized carbons (Fsp3) is 0.625. The van der Waals surface area contributed by atoms with Gasteiger partial charge in [0.1, 0.15) is 5.69 Å². The van der Waals surface area contributed by atoms with E-state index < -0.39 is 18.3 Å². The number of anilines is 1. The fourth-order valence-corrected chi connectivity index (χ4v) is 3.03. The Morgan fingerprint density at radius 2 is 1.70 bits per heavy atom. The van der Waals surface area contributed by atoms with Crippen molar-refractivity contribution in [3.63, 3.8) is 0 Å². The summed E-state index contributed by atoms with van der Waals surface area (Å²) < 4.78 is 12.1. The van der Waals surface area contributed by atoms with Crippen LogP contribution in [0, 0.1) is 10.1 Å². The van der Waals surface area contributed by atoms with Crippen molar-refractivity contribution in [2.45, 2.75) is 51.7 Å². The molecule has 2 heterocycles. The van der Waals surface area contributed by atoms with Gasteiger partial charge in [0.2, 0.25) is 0 Å². The lowest BCUT2D eigenvalue weighted by molar-refractivity contribution is -0.384. The van der Waals surface area contributed by atoms with Gasteiger partial charge in [-0.05, 0) is 52.1 Å². The van der Waals surface area contributed by atoms with Gasteiger partial charge in [0, 0.05) is 19.2 Å². The maximum absolute atomic E-state index is 11.3. The van der Waals surface area contributed by atoms with E-state index in [1.807, 2.05) is 33.8 Å². The topological polar surface area (TPSA) is 64.8 Å². The molecule has 0 radical (unpaired) electrons. The smallest absolute Gasteiger partial charge is 0.399 e. The predicted octanol–water partition coefficient (Wildman–Crippen LogP) is 2.49. The van der Waals surface area contributed by atoms with Gasteiger partial charge < -0.3 is 14.2 Å². The molecule has 2 fully saturated rings. The average molecular weight is 318 g/mol. The van der Waals surface area contributed by atoms with Crippen molar-refractivity contribution in [2.24, 2.45) is 0 Å². The highest BCUT2D eigenvalue weighted by molar-refractivity contribution is 6.62. The lowest BCUT2D eigenvalue weighted by Gasteiger charge is -2.32. The summed E-state index contributed by atoms with van der Waals surface area (Å²) in [5.74, 6) is 0. The molecule has 0 unspecified atom stereocenters. The minimum Gasteiger partial charge on any atom is -0.399 e. The van der Waals surface area contributed by atoms with Crippen LogP contribution in [0.5, 0.6) is 0 Å². The number of nitrogens with zero attached hydrogens (tertiary/aromatic N) is 2. The second-order valence-corrected chi connectivity index (χ2v) is 7.29. The van der Waals surface area contributed by atoms with Gasteiger partial charge in [0.15, 0.2) is 0 Å². The zero-order valence-corrected chi connectivity index (χ0v) is 14.2. The lowest BCUT2D eigenvalue weighted by atomic mass is 9.78. The van der Waals surface area contributed by atoms with Crippen molar-refractivity contribution < 1.29 is 14.2 Å². The summed E-state index contributed by atoms with van der Waals surface area (Å²) in [5, 5.41) is 11.3. The molecule has 0 atom stereocenters. The molecule has 124 valence electrons. The first-order valence-electron chi connectivity index (χ1n) is 8.10. The molecule has 3 rings (SSSR count). The predicted molar refractivity (Wildman–Crippen MR) is 90.3 cm³/mol. The zero-order chi connectivity index (χ0) is 16.8. The molecule has 0 aliphatic carbocycles. The first kappa shape index (κ1) is 16.3. The standard InChI is InChI=1S/C16H23BN2O4/c1-15(2)16(3,4)23-17(22-15)12-7-8-13(19(20)21)14(11-12)18-9-5-6-10-18/h7-8,11H,5-6,9-10H2,1-4H3. The molecule has 6 nitrogen and oxygen atoms in total. The molecule has 2 aliphatic heterocycles. The van der Waals surface area contributed by atoms with Crippen molar-refractivity contribution in [1.82, 2.24) is 0 Å². The molecule has 0 N–H and O–H groups in total. The molecule has 0 amide bonds. The molecule has 0 bridgehead atoms. The van der Waals surface area contributed by atoms with E-state index in [1.54, 1.807) is 12.1 Å². The second kappa shape index (κ2) is 5.49. The Morgan fingerprint density at radius 3 is 2.22 bits per heavy atom. The van der Waals surface area contributed by atoms with Gasteiger partial charge in [-0.2, -0.15) is 0 Å². The monoisotopic (exact) mass is 318 g/mol. The minimum atomic E-state index is -0.498. The van der Waals surface area contributed by atoms with E-state index in [0.29, 0.717) is 5.69 Å². The molecule has 2 aliphatic rings. The highest BCUT2D eigenvalue weighted by atomic mass is 16.7. The number of hydrogen-bond acceptors (Lipinski definition) is 5. The lowest BCUT2D eigenvalue weighted by Crippen LogP contribution is -2.41. The van der Waals surface area contributed by atoms with Gasteiger partial charge >= 0.3 is 7.12 Å². The van der Waals surface area contributed by atoms with Crippen LogP contribution in [0.25, 0.3) is 0 Å². The van der Waals surface area contributed by atoms with E-state index in [0.717, 1.165) is 31.4 Å². The Kier molecular flexibility index (Phi) is 3.88. The second-order valence-electron chi connectivity index (χ2n) is 7.29. The van der Waals surface area contributed by atoms with E-state index in [2.05, 4.69) is 4.90 Å². The summed E-state index contributed by atoms with van der Waals surface area (Å²) in [7, 11) is -0.498. The summed E-state index contributed by atoms with van der Waals surface area (Å²) in [6, 6.07) is 5.15. The molecular formula is C16H23BN2O4. The zero-order valence-electron chi connectivity index (χ0n) is 14.2. The number of nitro benzene ring substituents is 1. The Hall–Kier alpha value is -1.60. The van der Waals surface area contributed by atoms with Crippen molar-refractivity contribution in [2.75, 3.05) is 18.0 Å². The molecule has 0 spiro atoms. The highest BCUT2D eigenvalue weighted by Crippen LogP contribution is 2.37. The molecule has 2 saturated heterocycles. The maximum Gasteiger partial charge on any atom is 0.494 e. The third-order valence-corrected chi connectivity index (χ3v) is 5.17. The number of benzene rings is 1. The van der Waals surface area contributed by atoms with E-state index >= 15 is 0 Å². The van der Waals surface area contributed by atoms with Gasteiger partial charge in [0.25, 0.3) is 5.69 Å². The normalized spacial score (nSPS) is 22.6. The number of nitro groups is 1. The Morgan fingerprint density at radius 1 is 1.13 bits per heavy atom. The summed E-state index contributed by atoms with van der Waals surface area (Å²) >= 11 is 0. The molecule has 1 aromatic rings. The molecular weight excluding hydrogens is 295 g/mol. The molecule has 0 saturated carbocycles. The largest absolute Gasteiger partial charge is 0.494 e. The fourth-order valence-electron chi connectivity index (χ4n) is 3.03. The Bertz CT molecular complexity index is 611. The van der Waals surface area contributed by atoms with Gasteiger partial charge in [-0.3, -0.25) is 10.1 Å². The van der Waals surface area contributed by atoms with E-state index in [1.165, 1.54) is 0 Å². The Balaban J connectivity index is 1.95. The van der Waals surface area contributed by atoms with Crippen molar-refractivity contribution >= 4 is 24.0 Å². The van der Waals surface area contributed by atoms with Crippen LogP contribution in [0.4, 0.5) is 11.4 Å². The van der Waals surface area contributed by atoms with Crippen LogP contribution in [0.2, 0.25) is 0 Å². The number of rotatable bonds is 3. The van der Waals surface area contributed by atoms with Gasteiger partial charge in [-0.1, -0.05) is 6.07 Å². The number of hydrogen-bond donors (Lipinski definition) is 0. The third kappa shape index (κ3) is 2.83. The summed E-state index contributed by atoms with van der Waals surface area (Å²) in [4.78, 5) is 13.1. The van der Waals surface area contributed by atoms with Crippen LogP contribution < -0.4 is 10.4 Å². The molecule has 1 aromatic carbocycles. The van der Waals surface area contributed by atoms with E-state index in [-0.39, 0.29) is 10.6 Å². The van der Waals surface area contributed by atoms with Crippen molar-refractivity contribution in [3.05, 3.63) is 28.3 Å². The van der Waals surface area contributed by atoms with Crippen LogP contribution in [0.3, 0.4) is 0 Å². The first-order chi connectivity index (χ1) is 10.7. The SMILES string of the molecule is CC1(C)OB(c2ccc([N+](=O)[O-])c(N3CCCC3)c2)OC1(C)C. The van der Waals surface area contributed by atoms with Gasteiger partial charge in [-0.15, -0.1) is 0 Å². The van der Waals surface area contributed by atoms with Crippen molar-refractivity contribution in [1.29, 1.82) is 0 Å². The van der Waals surface area contributed by atoms with E-state index in [4.69, 9.17) is 9.31 Å². The summed E-state index contributed by atoms with van der Waals surface area (Å²) in [6.45, 7) is 9.71. The average Bonchev–Trinajstić information content (AvgIpc) is 3.05. The highest BCUT2D eigenvalue weighted by Gasteiger charge is 2.52. The van der Waals surface area contributed by atoms with E-state index in [9.17, 15) is 10.1 Å². The molecule has 7 heteroatoms. The van der Waals surface area contributed by atoms with Crippen LogP contribution in [0.15, 0.2) is 18.2 Å². The van der Waals surface area contributed by atoms with Crippen LogP contribution in [0.1, 0.15) is 40.5 Å². The quantitative estimate of drug-likeness (QED) is 0.487.